The topological polar surface area (TPSA) is 32.3 Å². The molecule has 1 rings (SSSR count). The second kappa shape index (κ2) is 1.86. The monoisotopic (exact) mass is 112 g/mol. The Morgan fingerprint density at radius 2 is 2.62 bits per heavy atom. The van der Waals surface area contributed by atoms with E-state index in [0.717, 1.165) is 0 Å². The Morgan fingerprint density at radius 3 is 3.00 bits per heavy atom. The van der Waals surface area contributed by atoms with Crippen LogP contribution in [-0.2, 0) is 4.79 Å². The summed E-state index contributed by atoms with van der Waals surface area (Å²) in [6.07, 6.45) is 4.14. The smallest absolute Gasteiger partial charge is 0.242 e. The molecule has 0 fully saturated rings. The van der Waals surface area contributed by atoms with Crippen LogP contribution in [0, 0.1) is 0 Å². The normalized spacial score (nSPS) is 18.6. The molecular weight excluding hydrogens is 104 g/mol. The van der Waals surface area contributed by atoms with Crippen LogP contribution in [0.25, 0.3) is 0 Å². The lowest BCUT2D eigenvalue weighted by atomic mass is 10.4. The Kier molecular flexibility index (Phi) is 1.20. The van der Waals surface area contributed by atoms with E-state index in [1.165, 1.54) is 0 Å². The van der Waals surface area contributed by atoms with Crippen LogP contribution in [0.4, 0.5) is 0 Å². The van der Waals surface area contributed by atoms with Crippen LogP contribution in [0.5, 0.6) is 0 Å². The van der Waals surface area contributed by atoms with E-state index < -0.39 is 0 Å². The summed E-state index contributed by atoms with van der Waals surface area (Å²) in [5.41, 5.74) is 2.59. The van der Waals surface area contributed by atoms with Crippen molar-refractivity contribution in [2.45, 2.75) is 6.42 Å². The maximum Gasteiger partial charge on any atom is 0.242 e. The van der Waals surface area contributed by atoms with Crippen molar-refractivity contribution in [3.05, 3.63) is 12.3 Å². The van der Waals surface area contributed by atoms with Crippen LogP contribution in [0.1, 0.15) is 6.42 Å². The van der Waals surface area contributed by atoms with Gasteiger partial charge in [-0.15, -0.1) is 0 Å². The number of nitrogens with one attached hydrogen (secondary N) is 1. The van der Waals surface area contributed by atoms with E-state index >= 15 is 0 Å². The molecule has 0 aromatic carbocycles. The summed E-state index contributed by atoms with van der Waals surface area (Å²) in [5, 5.41) is 1.63. The Hall–Kier alpha value is -0.990. The summed E-state index contributed by atoms with van der Waals surface area (Å²) >= 11 is 0. The predicted molar refractivity (Wildman–Crippen MR) is 29.7 cm³/mol. The van der Waals surface area contributed by atoms with E-state index in [-0.39, 0.29) is 5.91 Å². The van der Waals surface area contributed by atoms with Gasteiger partial charge in [-0.1, -0.05) is 6.08 Å². The molecule has 0 bridgehead atoms. The van der Waals surface area contributed by atoms with Gasteiger partial charge in [0.15, 0.2) is 0 Å². The van der Waals surface area contributed by atoms with Crippen LogP contribution in [0.3, 0.4) is 0 Å². The first-order valence-electron chi connectivity index (χ1n) is 2.48. The Bertz CT molecular complexity index is 130. The van der Waals surface area contributed by atoms with Gasteiger partial charge in [0.1, 0.15) is 0 Å². The van der Waals surface area contributed by atoms with Crippen molar-refractivity contribution in [2.75, 3.05) is 7.05 Å². The van der Waals surface area contributed by atoms with Crippen molar-refractivity contribution < 1.29 is 4.79 Å². The molecule has 8 heavy (non-hydrogen) atoms. The predicted octanol–water partition coefficient (Wildman–Crippen LogP) is -0.133. The van der Waals surface area contributed by atoms with Crippen molar-refractivity contribution in [1.82, 2.24) is 10.4 Å². The first-order chi connectivity index (χ1) is 3.79. The Morgan fingerprint density at radius 1 is 1.88 bits per heavy atom. The first kappa shape index (κ1) is 5.15. The molecule has 44 valence electrons. The Labute approximate surface area is 47.9 Å². The van der Waals surface area contributed by atoms with Crippen LogP contribution in [-0.4, -0.2) is 18.0 Å². The van der Waals surface area contributed by atoms with E-state index in [1.807, 2.05) is 12.3 Å². The van der Waals surface area contributed by atoms with Gasteiger partial charge in [0.25, 0.3) is 0 Å². The quantitative estimate of drug-likeness (QED) is 0.473. The third-order valence-electron chi connectivity index (χ3n) is 0.933. The zero-order valence-corrected chi connectivity index (χ0v) is 4.72. The molecule has 3 nitrogen and oxygen atoms in total. The molecule has 0 saturated carbocycles. The Balaban J connectivity index is 2.54. The summed E-state index contributed by atoms with van der Waals surface area (Å²) in [4.78, 5) is 10.5. The largest absolute Gasteiger partial charge is 0.296 e. The zero-order chi connectivity index (χ0) is 5.98. The molecule has 0 aliphatic carbocycles. The van der Waals surface area contributed by atoms with Gasteiger partial charge in [0.2, 0.25) is 5.91 Å². The molecule has 3 heteroatoms. The van der Waals surface area contributed by atoms with Crippen molar-refractivity contribution in [3.63, 3.8) is 0 Å². The van der Waals surface area contributed by atoms with Crippen LogP contribution in [0.15, 0.2) is 12.3 Å². The number of hydrogen-bond acceptors (Lipinski definition) is 2. The fourth-order valence-electron chi connectivity index (χ4n) is 0.597. The highest BCUT2D eigenvalue weighted by Gasteiger charge is 2.02. The van der Waals surface area contributed by atoms with Crippen molar-refractivity contribution >= 4 is 5.91 Å². The van der Waals surface area contributed by atoms with Gasteiger partial charge in [0.05, 0.1) is 0 Å². The lowest BCUT2D eigenvalue weighted by molar-refractivity contribution is -0.124. The van der Waals surface area contributed by atoms with Gasteiger partial charge in [0, 0.05) is 19.7 Å². The fourth-order valence-corrected chi connectivity index (χ4v) is 0.597. The molecule has 0 aromatic rings. The van der Waals surface area contributed by atoms with E-state index in [2.05, 4.69) is 5.43 Å². The number of carbonyl (C=O) groups excluding carboxylic acids is 1. The minimum absolute atomic E-state index is 0.0509. The molecule has 0 saturated heterocycles. The van der Waals surface area contributed by atoms with Crippen LogP contribution < -0.4 is 5.43 Å². The molecule has 1 aliphatic heterocycles. The number of nitrogens with zero attached hydrogens (tertiary/aromatic N) is 1. The minimum atomic E-state index is 0.0509. The van der Waals surface area contributed by atoms with Gasteiger partial charge in [-0.3, -0.25) is 15.2 Å². The standard InChI is InChI=1S/C5H8N2O/c1-7-4-2-3-5(8)6-7/h2,4H,3H2,1H3,(H,6,8). The fraction of sp³-hybridized carbons (Fsp3) is 0.400. The van der Waals surface area contributed by atoms with Crippen molar-refractivity contribution in [1.29, 1.82) is 0 Å². The maximum absolute atomic E-state index is 10.5. The molecular formula is C5H8N2O. The molecule has 1 N–H and O–H groups in total. The molecule has 0 unspecified atom stereocenters. The highest BCUT2D eigenvalue weighted by atomic mass is 16.2. The van der Waals surface area contributed by atoms with Gasteiger partial charge in [-0.25, -0.2) is 0 Å². The summed E-state index contributed by atoms with van der Waals surface area (Å²) < 4.78 is 0. The van der Waals surface area contributed by atoms with E-state index in [4.69, 9.17) is 0 Å². The zero-order valence-electron chi connectivity index (χ0n) is 4.72. The average Bonchev–Trinajstić information content (AvgIpc) is 1.64. The highest BCUT2D eigenvalue weighted by Crippen LogP contribution is 1.91. The van der Waals surface area contributed by atoms with Gasteiger partial charge in [-0.05, 0) is 0 Å². The third-order valence-corrected chi connectivity index (χ3v) is 0.933. The number of hydrazine groups is 1. The van der Waals surface area contributed by atoms with Crippen LogP contribution in [0.2, 0.25) is 0 Å². The summed E-state index contributed by atoms with van der Waals surface area (Å²) in [5.74, 6) is 0.0509. The van der Waals surface area contributed by atoms with E-state index in [9.17, 15) is 4.79 Å². The number of rotatable bonds is 0. The molecule has 0 spiro atoms. The first-order valence-corrected chi connectivity index (χ1v) is 2.48. The van der Waals surface area contributed by atoms with Crippen molar-refractivity contribution in [3.8, 4) is 0 Å². The molecule has 1 amide bonds. The SMILES string of the molecule is CN1C=CCC(=O)N1. The number of hydrogen-bond donors (Lipinski definition) is 1. The molecule has 0 aromatic heterocycles. The second-order valence-electron chi connectivity index (χ2n) is 1.73. The minimum Gasteiger partial charge on any atom is -0.296 e. The second-order valence-corrected chi connectivity index (χ2v) is 1.73. The summed E-state index contributed by atoms with van der Waals surface area (Å²) in [6.45, 7) is 0. The molecule has 0 radical (unpaired) electrons. The van der Waals surface area contributed by atoms with Gasteiger partial charge < -0.3 is 0 Å². The average molecular weight is 112 g/mol. The lowest BCUT2D eigenvalue weighted by Gasteiger charge is -2.18. The van der Waals surface area contributed by atoms with Gasteiger partial charge >= 0.3 is 0 Å². The molecule has 1 aliphatic rings. The van der Waals surface area contributed by atoms with E-state index in [0.29, 0.717) is 6.42 Å². The molecule has 0 atom stereocenters. The van der Waals surface area contributed by atoms with Gasteiger partial charge in [-0.2, -0.15) is 0 Å². The number of carbonyl (C=O) groups is 1. The molecule has 1 heterocycles. The lowest BCUT2D eigenvalue weighted by Crippen LogP contribution is -2.37. The summed E-state index contributed by atoms with van der Waals surface area (Å²) in [7, 11) is 1.79. The maximum atomic E-state index is 10.5. The highest BCUT2D eigenvalue weighted by molar-refractivity contribution is 5.77. The summed E-state index contributed by atoms with van der Waals surface area (Å²) in [6, 6.07) is 0. The number of amides is 1. The van der Waals surface area contributed by atoms with Crippen molar-refractivity contribution in [2.24, 2.45) is 0 Å². The third kappa shape index (κ3) is 0.992. The van der Waals surface area contributed by atoms with Crippen LogP contribution >= 0.6 is 0 Å². The van der Waals surface area contributed by atoms with E-state index in [1.54, 1.807) is 12.1 Å².